The fourth-order valence-corrected chi connectivity index (χ4v) is 2.76. The molecule has 0 unspecified atom stereocenters. The minimum atomic E-state index is -0.738. The van der Waals surface area contributed by atoms with Crippen LogP contribution in [0.1, 0.15) is 38.5 Å². The highest BCUT2D eigenvalue weighted by atomic mass is 32.2. The van der Waals surface area contributed by atoms with Gasteiger partial charge in [0, 0.05) is 4.90 Å². The van der Waals surface area contributed by atoms with Crippen molar-refractivity contribution in [3.8, 4) is 11.2 Å². The molecule has 0 bridgehead atoms. The van der Waals surface area contributed by atoms with Crippen molar-refractivity contribution < 1.29 is 5.11 Å². The van der Waals surface area contributed by atoms with Crippen LogP contribution in [0.2, 0.25) is 0 Å². The molecule has 2 rings (SSSR count). The van der Waals surface area contributed by atoms with Crippen LogP contribution in [-0.4, -0.2) is 10.7 Å². The Kier molecular flexibility index (Phi) is 4.53. The van der Waals surface area contributed by atoms with Crippen molar-refractivity contribution in [1.82, 2.24) is 0 Å². The van der Waals surface area contributed by atoms with Gasteiger partial charge in [0.2, 0.25) is 0 Å². The van der Waals surface area contributed by atoms with E-state index in [4.69, 9.17) is 0 Å². The molecule has 0 amide bonds. The number of rotatable bonds is 1. The first-order chi connectivity index (χ1) is 8.29. The predicted octanol–water partition coefficient (Wildman–Crippen LogP) is 3.82. The second-order valence-corrected chi connectivity index (χ2v) is 5.47. The van der Waals surface area contributed by atoms with Crippen molar-refractivity contribution in [3.63, 3.8) is 0 Å². The SMILES string of the molecule is OC1(C#CSc2ccccc2)CCCCCC1. The summed E-state index contributed by atoms with van der Waals surface area (Å²) in [6, 6.07) is 10.1. The van der Waals surface area contributed by atoms with E-state index in [1.54, 1.807) is 0 Å². The molecule has 17 heavy (non-hydrogen) atoms. The summed E-state index contributed by atoms with van der Waals surface area (Å²) in [5.41, 5.74) is -0.738. The van der Waals surface area contributed by atoms with Crippen LogP contribution in [0.25, 0.3) is 0 Å². The second kappa shape index (κ2) is 6.14. The fraction of sp³-hybridized carbons (Fsp3) is 0.467. The standard InChI is InChI=1S/C15H18OS/c16-15(10-6-1-2-7-11-15)12-13-17-14-8-4-3-5-9-14/h3-5,8-9,16H,1-2,6-7,10-11H2. The molecule has 1 aromatic carbocycles. The lowest BCUT2D eigenvalue weighted by Gasteiger charge is -2.18. The van der Waals surface area contributed by atoms with E-state index < -0.39 is 5.60 Å². The molecule has 1 fully saturated rings. The maximum absolute atomic E-state index is 10.3. The molecule has 0 aromatic heterocycles. The third-order valence-electron chi connectivity index (χ3n) is 3.13. The van der Waals surface area contributed by atoms with Gasteiger partial charge in [-0.05, 0) is 54.8 Å². The maximum Gasteiger partial charge on any atom is 0.126 e. The van der Waals surface area contributed by atoms with Crippen LogP contribution in [0.4, 0.5) is 0 Å². The molecular weight excluding hydrogens is 228 g/mol. The molecule has 1 aromatic rings. The van der Waals surface area contributed by atoms with Gasteiger partial charge >= 0.3 is 0 Å². The Hall–Kier alpha value is -0.910. The number of hydrogen-bond acceptors (Lipinski definition) is 2. The van der Waals surface area contributed by atoms with Crippen LogP contribution in [0, 0.1) is 11.2 Å². The van der Waals surface area contributed by atoms with E-state index in [9.17, 15) is 5.11 Å². The van der Waals surface area contributed by atoms with Gasteiger partial charge in [-0.15, -0.1) is 0 Å². The quantitative estimate of drug-likeness (QED) is 0.462. The van der Waals surface area contributed by atoms with Crippen molar-refractivity contribution in [2.24, 2.45) is 0 Å². The molecule has 0 heterocycles. The Labute approximate surface area is 108 Å². The van der Waals surface area contributed by atoms with E-state index in [-0.39, 0.29) is 0 Å². The summed E-state index contributed by atoms with van der Waals surface area (Å²) in [6.07, 6.45) is 6.32. The lowest BCUT2D eigenvalue weighted by molar-refractivity contribution is 0.0850. The Morgan fingerprint density at radius 3 is 2.29 bits per heavy atom. The summed E-state index contributed by atoms with van der Waals surface area (Å²) in [5.74, 6) is 3.05. The highest BCUT2D eigenvalue weighted by Crippen LogP contribution is 2.27. The van der Waals surface area contributed by atoms with Crippen LogP contribution < -0.4 is 0 Å². The maximum atomic E-state index is 10.3. The first kappa shape index (κ1) is 12.5. The van der Waals surface area contributed by atoms with Gasteiger partial charge in [-0.3, -0.25) is 0 Å². The zero-order valence-corrected chi connectivity index (χ0v) is 10.8. The van der Waals surface area contributed by atoms with E-state index in [0.29, 0.717) is 0 Å². The zero-order valence-electron chi connectivity index (χ0n) is 9.98. The van der Waals surface area contributed by atoms with Gasteiger partial charge in [0.1, 0.15) is 5.60 Å². The summed E-state index contributed by atoms with van der Waals surface area (Å²) in [5, 5.41) is 13.4. The van der Waals surface area contributed by atoms with E-state index in [1.165, 1.54) is 24.6 Å². The van der Waals surface area contributed by atoms with Gasteiger partial charge in [0.15, 0.2) is 0 Å². The average Bonchev–Trinajstić information content (AvgIpc) is 2.56. The summed E-state index contributed by atoms with van der Waals surface area (Å²) >= 11 is 1.50. The third kappa shape index (κ3) is 4.11. The van der Waals surface area contributed by atoms with Crippen LogP contribution in [0.5, 0.6) is 0 Å². The normalized spacial score (nSPS) is 18.9. The van der Waals surface area contributed by atoms with E-state index >= 15 is 0 Å². The topological polar surface area (TPSA) is 20.2 Å². The number of thioether (sulfide) groups is 1. The second-order valence-electron chi connectivity index (χ2n) is 4.59. The molecule has 1 aliphatic rings. The highest BCUT2D eigenvalue weighted by Gasteiger charge is 2.25. The number of benzene rings is 1. The molecule has 1 aliphatic carbocycles. The van der Waals surface area contributed by atoms with Gasteiger partial charge in [-0.2, -0.15) is 0 Å². The van der Waals surface area contributed by atoms with Gasteiger partial charge < -0.3 is 5.11 Å². The van der Waals surface area contributed by atoms with Crippen LogP contribution in [0.15, 0.2) is 35.2 Å². The molecule has 90 valence electrons. The average molecular weight is 246 g/mol. The third-order valence-corrected chi connectivity index (χ3v) is 3.84. The monoisotopic (exact) mass is 246 g/mol. The largest absolute Gasteiger partial charge is 0.378 e. The molecular formula is C15H18OS. The van der Waals surface area contributed by atoms with Crippen molar-refractivity contribution in [2.75, 3.05) is 0 Å². The minimum absolute atomic E-state index is 0.738. The summed E-state index contributed by atoms with van der Waals surface area (Å²) in [4.78, 5) is 1.14. The Morgan fingerprint density at radius 2 is 1.65 bits per heavy atom. The lowest BCUT2D eigenvalue weighted by atomic mass is 9.96. The summed E-state index contributed by atoms with van der Waals surface area (Å²) in [7, 11) is 0. The Morgan fingerprint density at radius 1 is 1.00 bits per heavy atom. The summed E-state index contributed by atoms with van der Waals surface area (Å²) < 4.78 is 0. The summed E-state index contributed by atoms with van der Waals surface area (Å²) in [6.45, 7) is 0. The number of hydrogen-bond donors (Lipinski definition) is 1. The molecule has 0 spiro atoms. The van der Waals surface area contributed by atoms with Crippen LogP contribution in [-0.2, 0) is 0 Å². The first-order valence-electron chi connectivity index (χ1n) is 6.25. The zero-order chi connectivity index (χ0) is 12.0. The molecule has 2 heteroatoms. The van der Waals surface area contributed by atoms with Gasteiger partial charge in [-0.25, -0.2) is 0 Å². The molecule has 0 saturated heterocycles. The Bertz CT molecular complexity index is 394. The van der Waals surface area contributed by atoms with Crippen molar-refractivity contribution in [2.45, 2.75) is 49.0 Å². The molecule has 0 radical (unpaired) electrons. The van der Waals surface area contributed by atoms with Crippen molar-refractivity contribution in [3.05, 3.63) is 30.3 Å². The van der Waals surface area contributed by atoms with E-state index in [1.807, 2.05) is 30.3 Å². The van der Waals surface area contributed by atoms with Crippen molar-refractivity contribution >= 4 is 11.8 Å². The molecule has 1 saturated carbocycles. The lowest BCUT2D eigenvalue weighted by Crippen LogP contribution is -2.24. The van der Waals surface area contributed by atoms with E-state index in [0.717, 1.165) is 30.6 Å². The molecule has 0 atom stereocenters. The van der Waals surface area contributed by atoms with Gasteiger partial charge in [0.05, 0.1) is 0 Å². The first-order valence-corrected chi connectivity index (χ1v) is 7.07. The van der Waals surface area contributed by atoms with Crippen LogP contribution in [0.3, 0.4) is 0 Å². The predicted molar refractivity (Wildman–Crippen MR) is 72.7 cm³/mol. The van der Waals surface area contributed by atoms with Gasteiger partial charge in [0.25, 0.3) is 0 Å². The smallest absolute Gasteiger partial charge is 0.126 e. The Balaban J connectivity index is 1.95. The fourth-order valence-electron chi connectivity index (χ4n) is 2.11. The number of aliphatic hydroxyl groups is 1. The minimum Gasteiger partial charge on any atom is -0.378 e. The highest BCUT2D eigenvalue weighted by molar-refractivity contribution is 8.03. The molecule has 0 aliphatic heterocycles. The van der Waals surface area contributed by atoms with Gasteiger partial charge in [-0.1, -0.05) is 37.0 Å². The molecule has 1 N–H and O–H groups in total. The molecule has 1 nitrogen and oxygen atoms in total. The van der Waals surface area contributed by atoms with Crippen molar-refractivity contribution in [1.29, 1.82) is 0 Å². The van der Waals surface area contributed by atoms with E-state index in [2.05, 4.69) is 11.2 Å². The van der Waals surface area contributed by atoms with Crippen LogP contribution >= 0.6 is 11.8 Å².